The van der Waals surface area contributed by atoms with Crippen LogP contribution in [0.1, 0.15) is 31.4 Å². The van der Waals surface area contributed by atoms with Gasteiger partial charge in [-0.05, 0) is 31.4 Å². The number of hydrogen-bond donors (Lipinski definition) is 0. The van der Waals surface area contributed by atoms with E-state index < -0.39 is 21.3 Å². The minimum absolute atomic E-state index is 0.0759. The number of benzene rings is 1. The van der Waals surface area contributed by atoms with Gasteiger partial charge in [-0.2, -0.15) is 5.06 Å². The molecule has 0 saturated carbocycles. The quantitative estimate of drug-likeness (QED) is 0.685. The Hall–Kier alpha value is -1.19. The van der Waals surface area contributed by atoms with Gasteiger partial charge in [0, 0.05) is 25.2 Å². The molecule has 2 saturated heterocycles. The third kappa shape index (κ3) is 4.14. The summed E-state index contributed by atoms with van der Waals surface area (Å²) < 4.78 is 33.1. The van der Waals surface area contributed by atoms with Crippen LogP contribution in [0, 0.1) is 5.92 Å². The van der Waals surface area contributed by atoms with Gasteiger partial charge in [-0.3, -0.25) is 9.63 Å². The first-order valence-corrected chi connectivity index (χ1v) is 11.0. The summed E-state index contributed by atoms with van der Waals surface area (Å²) in [7, 11) is -1.90. The number of halogens is 1. The van der Waals surface area contributed by atoms with E-state index in [2.05, 4.69) is 0 Å². The van der Waals surface area contributed by atoms with Crippen LogP contribution in [-0.4, -0.2) is 62.4 Å². The van der Waals surface area contributed by atoms with Crippen molar-refractivity contribution in [3.8, 4) is 0 Å². The van der Waals surface area contributed by atoms with Crippen LogP contribution in [0.2, 0.25) is 5.02 Å². The third-order valence-electron chi connectivity index (χ3n) is 5.23. The molecule has 27 heavy (non-hydrogen) atoms. The number of sulfonamides is 1. The normalized spacial score (nSPS) is 25.6. The molecule has 2 heterocycles. The summed E-state index contributed by atoms with van der Waals surface area (Å²) in [6.45, 7) is 2.79. The van der Waals surface area contributed by atoms with E-state index in [1.54, 1.807) is 25.1 Å². The summed E-state index contributed by atoms with van der Waals surface area (Å²) in [5.41, 5.74) is 0.731. The van der Waals surface area contributed by atoms with Crippen molar-refractivity contribution in [3.05, 3.63) is 34.9 Å². The molecule has 1 aromatic carbocycles. The van der Waals surface area contributed by atoms with Crippen LogP contribution in [-0.2, 0) is 24.4 Å². The fraction of sp³-hybridized carbons (Fsp3) is 0.611. The fourth-order valence-corrected chi connectivity index (χ4v) is 5.98. The van der Waals surface area contributed by atoms with E-state index in [4.69, 9.17) is 21.2 Å². The van der Waals surface area contributed by atoms with Crippen LogP contribution in [0.15, 0.2) is 24.3 Å². The first kappa shape index (κ1) is 20.5. The molecule has 2 fully saturated rings. The number of esters is 1. The Morgan fingerprint density at radius 3 is 2.59 bits per heavy atom. The monoisotopic (exact) mass is 416 g/mol. The highest BCUT2D eigenvalue weighted by atomic mass is 35.5. The molecule has 0 amide bonds. The maximum absolute atomic E-state index is 13.3. The zero-order valence-electron chi connectivity index (χ0n) is 15.5. The van der Waals surface area contributed by atoms with Crippen LogP contribution in [0.25, 0.3) is 0 Å². The molecule has 2 aliphatic heterocycles. The molecule has 0 N–H and O–H groups in total. The lowest BCUT2D eigenvalue weighted by Gasteiger charge is -2.33. The number of rotatable bonds is 5. The highest BCUT2D eigenvalue weighted by Crippen LogP contribution is 2.38. The first-order chi connectivity index (χ1) is 12.9. The van der Waals surface area contributed by atoms with Crippen LogP contribution in [0.4, 0.5) is 0 Å². The van der Waals surface area contributed by atoms with Gasteiger partial charge in [0.25, 0.3) is 0 Å². The Morgan fingerprint density at radius 1 is 1.30 bits per heavy atom. The molecule has 9 heteroatoms. The number of hydrogen-bond acceptors (Lipinski definition) is 6. The van der Waals surface area contributed by atoms with Crippen molar-refractivity contribution in [3.63, 3.8) is 0 Å². The molecular weight excluding hydrogens is 392 g/mol. The predicted octanol–water partition coefficient (Wildman–Crippen LogP) is 2.23. The van der Waals surface area contributed by atoms with Crippen LogP contribution >= 0.6 is 11.6 Å². The van der Waals surface area contributed by atoms with Gasteiger partial charge in [-0.25, -0.2) is 12.7 Å². The van der Waals surface area contributed by atoms with Gasteiger partial charge in [0.2, 0.25) is 10.0 Å². The lowest BCUT2D eigenvalue weighted by Crippen LogP contribution is -2.47. The van der Waals surface area contributed by atoms with Crippen molar-refractivity contribution in [2.45, 2.75) is 31.1 Å². The average molecular weight is 417 g/mol. The lowest BCUT2D eigenvalue weighted by molar-refractivity contribution is -0.149. The first-order valence-electron chi connectivity index (χ1n) is 9.12. The number of hydroxylamine groups is 2. The molecule has 150 valence electrons. The van der Waals surface area contributed by atoms with Crippen molar-refractivity contribution >= 4 is 27.6 Å². The second-order valence-electron chi connectivity index (χ2n) is 6.82. The summed E-state index contributed by atoms with van der Waals surface area (Å²) in [5, 5.41) is 1.33. The molecule has 0 spiro atoms. The van der Waals surface area contributed by atoms with Crippen molar-refractivity contribution < 1.29 is 22.8 Å². The Morgan fingerprint density at radius 2 is 1.96 bits per heavy atom. The van der Waals surface area contributed by atoms with E-state index in [9.17, 15) is 13.2 Å². The summed E-state index contributed by atoms with van der Waals surface area (Å²) in [6, 6.07) is 6.74. The largest absolute Gasteiger partial charge is 0.466 e. The maximum atomic E-state index is 13.3. The van der Waals surface area contributed by atoms with E-state index in [0.717, 1.165) is 5.56 Å². The van der Waals surface area contributed by atoms with Gasteiger partial charge in [0.15, 0.2) is 0 Å². The Labute approximate surface area is 165 Å². The lowest BCUT2D eigenvalue weighted by atomic mass is 9.98. The number of nitrogens with zero attached hydrogens (tertiary/aromatic N) is 2. The Kier molecular flexibility index (Phi) is 6.43. The topological polar surface area (TPSA) is 76.1 Å². The van der Waals surface area contributed by atoms with Crippen molar-refractivity contribution in [2.24, 2.45) is 5.92 Å². The number of ether oxygens (including phenoxy) is 1. The van der Waals surface area contributed by atoms with E-state index in [1.165, 1.54) is 4.31 Å². The van der Waals surface area contributed by atoms with Gasteiger partial charge >= 0.3 is 5.97 Å². The Bertz CT molecular complexity index is 780. The van der Waals surface area contributed by atoms with Gasteiger partial charge in [-0.15, -0.1) is 0 Å². The van der Waals surface area contributed by atoms with Gasteiger partial charge in [-0.1, -0.05) is 29.8 Å². The molecule has 0 aliphatic carbocycles. The summed E-state index contributed by atoms with van der Waals surface area (Å²) in [6.07, 6.45) is 0.941. The highest BCUT2D eigenvalue weighted by molar-refractivity contribution is 7.89. The zero-order valence-corrected chi connectivity index (χ0v) is 17.1. The average Bonchev–Trinajstić information content (AvgIpc) is 3.04. The van der Waals surface area contributed by atoms with Crippen molar-refractivity contribution in [1.82, 2.24) is 9.37 Å². The van der Waals surface area contributed by atoms with E-state index >= 15 is 0 Å². The Balaban J connectivity index is 1.76. The van der Waals surface area contributed by atoms with E-state index in [0.29, 0.717) is 37.6 Å². The summed E-state index contributed by atoms with van der Waals surface area (Å²) in [4.78, 5) is 17.4. The highest BCUT2D eigenvalue weighted by Gasteiger charge is 2.47. The van der Waals surface area contributed by atoms with Crippen molar-refractivity contribution in [1.29, 1.82) is 0 Å². The van der Waals surface area contributed by atoms with Gasteiger partial charge < -0.3 is 4.74 Å². The molecule has 1 aromatic rings. The molecule has 2 unspecified atom stereocenters. The number of carbonyl (C=O) groups excluding carboxylic acids is 1. The predicted molar refractivity (Wildman–Crippen MR) is 102 cm³/mol. The van der Waals surface area contributed by atoms with Crippen LogP contribution < -0.4 is 0 Å². The maximum Gasteiger partial charge on any atom is 0.309 e. The second-order valence-corrected chi connectivity index (χ2v) is 9.38. The van der Waals surface area contributed by atoms with Gasteiger partial charge in [0.05, 0.1) is 25.2 Å². The minimum Gasteiger partial charge on any atom is -0.466 e. The van der Waals surface area contributed by atoms with E-state index in [-0.39, 0.29) is 18.5 Å². The van der Waals surface area contributed by atoms with Gasteiger partial charge in [0.1, 0.15) is 5.25 Å². The number of carbonyl (C=O) groups is 1. The molecule has 2 aliphatic rings. The van der Waals surface area contributed by atoms with Crippen molar-refractivity contribution in [2.75, 3.05) is 33.4 Å². The second kappa shape index (κ2) is 8.45. The molecule has 0 bridgehead atoms. The molecule has 3 rings (SSSR count). The third-order valence-corrected chi connectivity index (χ3v) is 7.81. The number of piperidine rings is 1. The molecular formula is C18H25ClN2O5S. The molecule has 0 aromatic heterocycles. The summed E-state index contributed by atoms with van der Waals surface area (Å²) in [5.74, 6) is -0.481. The van der Waals surface area contributed by atoms with E-state index in [1.807, 2.05) is 18.2 Å². The molecule has 7 nitrogen and oxygen atoms in total. The fourth-order valence-electron chi connectivity index (χ4n) is 3.75. The standard InChI is InChI=1S/C18H25ClN2O5S/c1-3-25-18(22)13-8-10-21(11-9-13)27(23,24)16-12-26-20(2)17(16)14-6-4-5-7-15(14)19/h4-7,13,16-17H,3,8-12H2,1-2H3. The SMILES string of the molecule is CCOC(=O)C1CCN(S(=O)(=O)C2CON(C)C2c2ccccc2Cl)CC1. The van der Waals surface area contributed by atoms with Crippen LogP contribution in [0.5, 0.6) is 0 Å². The molecule has 0 radical (unpaired) electrons. The van der Waals surface area contributed by atoms with Crippen LogP contribution in [0.3, 0.4) is 0 Å². The smallest absolute Gasteiger partial charge is 0.309 e. The zero-order chi connectivity index (χ0) is 19.6. The molecule has 2 atom stereocenters. The summed E-state index contributed by atoms with van der Waals surface area (Å²) >= 11 is 6.31. The minimum atomic E-state index is -3.61.